The molecular weight excluding hydrogens is 519 g/mol. The Morgan fingerprint density at radius 1 is 1.00 bits per heavy atom. The molecule has 1 N–H and O–H groups in total. The van der Waals surface area contributed by atoms with E-state index in [4.69, 9.17) is 25.5 Å². The number of rotatable bonds is 3. The van der Waals surface area contributed by atoms with Crippen LogP contribution in [0.5, 0.6) is 11.5 Å². The molecule has 0 spiro atoms. The van der Waals surface area contributed by atoms with Crippen molar-refractivity contribution in [3.05, 3.63) is 68.8 Å². The van der Waals surface area contributed by atoms with E-state index >= 15 is 0 Å². The zero-order valence-electron chi connectivity index (χ0n) is 15.4. The van der Waals surface area contributed by atoms with Crippen LogP contribution in [0, 0.1) is 3.57 Å². The molecule has 1 aromatic heterocycles. The number of hydrogen-bond acceptors (Lipinski definition) is 5. The Hall–Kier alpha value is -2.78. The third-order valence-corrected chi connectivity index (χ3v) is 5.61. The van der Waals surface area contributed by atoms with Gasteiger partial charge in [0.2, 0.25) is 5.89 Å². The number of ether oxygens (including phenoxy) is 2. The molecule has 0 saturated heterocycles. The zero-order valence-corrected chi connectivity index (χ0v) is 18.4. The summed E-state index contributed by atoms with van der Waals surface area (Å²) in [4.78, 5) is 17.2. The SMILES string of the molecule is O=C(Nc1ccc2oc(-c3cc(I)ccc3Cl)nc2c1)c1ccc2c(c1)OCCO2. The normalized spacial score (nSPS) is 12.7. The summed E-state index contributed by atoms with van der Waals surface area (Å²) in [5, 5.41) is 3.45. The van der Waals surface area contributed by atoms with Gasteiger partial charge in [-0.25, -0.2) is 4.98 Å². The van der Waals surface area contributed by atoms with E-state index in [2.05, 4.69) is 32.9 Å². The first-order chi connectivity index (χ1) is 14.6. The van der Waals surface area contributed by atoms with Crippen LogP contribution in [0.15, 0.2) is 59.0 Å². The Bertz CT molecular complexity index is 1290. The molecule has 8 heteroatoms. The summed E-state index contributed by atoms with van der Waals surface area (Å²) in [6, 6.07) is 16.1. The minimum Gasteiger partial charge on any atom is -0.486 e. The third kappa shape index (κ3) is 3.70. The van der Waals surface area contributed by atoms with Crippen molar-refractivity contribution in [2.24, 2.45) is 0 Å². The summed E-state index contributed by atoms with van der Waals surface area (Å²) in [6.07, 6.45) is 0. The lowest BCUT2D eigenvalue weighted by Gasteiger charge is -2.18. The number of halogens is 2. The number of hydrogen-bond donors (Lipinski definition) is 1. The lowest BCUT2D eigenvalue weighted by molar-refractivity contribution is 0.102. The molecule has 5 rings (SSSR count). The number of benzene rings is 3. The average molecular weight is 533 g/mol. The fourth-order valence-electron chi connectivity index (χ4n) is 3.17. The molecule has 4 aromatic rings. The second kappa shape index (κ2) is 7.81. The second-order valence-electron chi connectivity index (χ2n) is 6.64. The molecule has 0 fully saturated rings. The number of nitrogens with one attached hydrogen (secondary N) is 1. The molecule has 150 valence electrons. The molecule has 0 bridgehead atoms. The van der Waals surface area contributed by atoms with Crippen LogP contribution in [-0.4, -0.2) is 24.1 Å². The molecule has 0 atom stereocenters. The van der Waals surface area contributed by atoms with Gasteiger partial charge in [0.25, 0.3) is 5.91 Å². The van der Waals surface area contributed by atoms with Crippen molar-refractivity contribution in [2.75, 3.05) is 18.5 Å². The maximum atomic E-state index is 12.7. The maximum absolute atomic E-state index is 12.7. The van der Waals surface area contributed by atoms with E-state index in [1.807, 2.05) is 18.2 Å². The smallest absolute Gasteiger partial charge is 0.255 e. The summed E-state index contributed by atoms with van der Waals surface area (Å²) >= 11 is 8.51. The number of amides is 1. The van der Waals surface area contributed by atoms with E-state index in [9.17, 15) is 4.79 Å². The third-order valence-electron chi connectivity index (χ3n) is 4.61. The maximum Gasteiger partial charge on any atom is 0.255 e. The van der Waals surface area contributed by atoms with Gasteiger partial charge in [-0.1, -0.05) is 11.6 Å². The van der Waals surface area contributed by atoms with E-state index in [-0.39, 0.29) is 5.91 Å². The van der Waals surface area contributed by atoms with E-state index in [0.29, 0.717) is 58.0 Å². The molecule has 30 heavy (non-hydrogen) atoms. The Kier molecular flexibility index (Phi) is 5.00. The summed E-state index contributed by atoms with van der Waals surface area (Å²) in [5.41, 5.74) is 3.04. The summed E-state index contributed by atoms with van der Waals surface area (Å²) < 4.78 is 17.9. The molecule has 2 heterocycles. The predicted molar refractivity (Wildman–Crippen MR) is 123 cm³/mol. The highest BCUT2D eigenvalue weighted by Gasteiger charge is 2.16. The molecular formula is C22H14ClIN2O4. The fourth-order valence-corrected chi connectivity index (χ4v) is 3.86. The van der Waals surface area contributed by atoms with Crippen molar-refractivity contribution in [1.82, 2.24) is 4.98 Å². The van der Waals surface area contributed by atoms with Crippen LogP contribution in [0.3, 0.4) is 0 Å². The van der Waals surface area contributed by atoms with E-state index < -0.39 is 0 Å². The van der Waals surface area contributed by atoms with E-state index in [0.717, 1.165) is 9.13 Å². The van der Waals surface area contributed by atoms with Crippen molar-refractivity contribution < 1.29 is 18.7 Å². The van der Waals surface area contributed by atoms with E-state index in [1.54, 1.807) is 36.4 Å². The number of nitrogens with zero attached hydrogens (tertiary/aromatic N) is 1. The minimum atomic E-state index is -0.254. The van der Waals surface area contributed by atoms with Crippen molar-refractivity contribution in [2.45, 2.75) is 0 Å². The van der Waals surface area contributed by atoms with Crippen molar-refractivity contribution in [3.63, 3.8) is 0 Å². The molecule has 0 radical (unpaired) electrons. The minimum absolute atomic E-state index is 0.254. The lowest BCUT2D eigenvalue weighted by Crippen LogP contribution is -2.17. The highest BCUT2D eigenvalue weighted by atomic mass is 127. The average Bonchev–Trinajstić information content (AvgIpc) is 3.18. The lowest BCUT2D eigenvalue weighted by atomic mass is 10.1. The topological polar surface area (TPSA) is 73.6 Å². The molecule has 1 amide bonds. The van der Waals surface area contributed by atoms with Crippen molar-refractivity contribution in [1.29, 1.82) is 0 Å². The molecule has 1 aliphatic rings. The quantitative estimate of drug-likeness (QED) is 0.339. The van der Waals surface area contributed by atoms with Gasteiger partial charge in [0, 0.05) is 14.8 Å². The number of carbonyl (C=O) groups is 1. The van der Waals surface area contributed by atoms with Crippen LogP contribution in [0.1, 0.15) is 10.4 Å². The second-order valence-corrected chi connectivity index (χ2v) is 8.29. The predicted octanol–water partition coefficient (Wildman–Crippen LogP) is 5.78. The van der Waals surface area contributed by atoms with Crippen LogP contribution < -0.4 is 14.8 Å². The van der Waals surface area contributed by atoms with Gasteiger partial charge in [-0.15, -0.1) is 0 Å². The molecule has 0 saturated carbocycles. The van der Waals surface area contributed by atoms with Gasteiger partial charge in [0.15, 0.2) is 17.1 Å². The van der Waals surface area contributed by atoms with Crippen LogP contribution in [0.2, 0.25) is 5.02 Å². The van der Waals surface area contributed by atoms with Gasteiger partial charge >= 0.3 is 0 Å². The summed E-state index contributed by atoms with van der Waals surface area (Å²) in [6.45, 7) is 0.972. The first-order valence-electron chi connectivity index (χ1n) is 9.14. The highest BCUT2D eigenvalue weighted by Crippen LogP contribution is 2.33. The van der Waals surface area contributed by atoms with Gasteiger partial charge < -0.3 is 19.2 Å². The van der Waals surface area contributed by atoms with E-state index in [1.165, 1.54) is 0 Å². The van der Waals surface area contributed by atoms with Gasteiger partial charge in [-0.05, 0) is 77.2 Å². The van der Waals surface area contributed by atoms with Crippen molar-refractivity contribution >= 4 is 56.9 Å². The Morgan fingerprint density at radius 3 is 2.70 bits per heavy atom. The van der Waals surface area contributed by atoms with Crippen molar-refractivity contribution in [3.8, 4) is 23.0 Å². The summed E-state index contributed by atoms with van der Waals surface area (Å²) in [7, 11) is 0. The van der Waals surface area contributed by atoms with Crippen LogP contribution >= 0.6 is 34.2 Å². The first-order valence-corrected chi connectivity index (χ1v) is 10.6. The van der Waals surface area contributed by atoms with Gasteiger partial charge in [0.1, 0.15) is 18.7 Å². The van der Waals surface area contributed by atoms with Gasteiger partial charge in [-0.3, -0.25) is 4.79 Å². The molecule has 0 unspecified atom stereocenters. The summed E-state index contributed by atoms with van der Waals surface area (Å²) in [5.74, 6) is 1.39. The van der Waals surface area contributed by atoms with Gasteiger partial charge in [0.05, 0.1) is 10.6 Å². The molecule has 0 aliphatic carbocycles. The van der Waals surface area contributed by atoms with Crippen LogP contribution in [-0.2, 0) is 0 Å². The molecule has 3 aromatic carbocycles. The Balaban J connectivity index is 1.41. The number of anilines is 1. The number of aromatic nitrogens is 1. The zero-order chi connectivity index (χ0) is 20.7. The monoisotopic (exact) mass is 532 g/mol. The Morgan fingerprint density at radius 2 is 1.83 bits per heavy atom. The fraction of sp³-hybridized carbons (Fsp3) is 0.0909. The standard InChI is InChI=1S/C22H14ClIN2O4/c23-16-4-2-13(24)10-15(16)22-26-17-11-14(3-6-18(17)30-22)25-21(27)12-1-5-19-20(9-12)29-8-7-28-19/h1-6,9-11H,7-8H2,(H,25,27). The van der Waals surface area contributed by atoms with Crippen LogP contribution in [0.4, 0.5) is 5.69 Å². The Labute approximate surface area is 190 Å². The highest BCUT2D eigenvalue weighted by molar-refractivity contribution is 14.1. The molecule has 6 nitrogen and oxygen atoms in total. The molecule has 1 aliphatic heterocycles. The first kappa shape index (κ1) is 19.2. The number of carbonyl (C=O) groups excluding carboxylic acids is 1. The van der Waals surface area contributed by atoms with Crippen LogP contribution in [0.25, 0.3) is 22.6 Å². The van der Waals surface area contributed by atoms with Gasteiger partial charge in [-0.2, -0.15) is 0 Å². The largest absolute Gasteiger partial charge is 0.486 e. The number of fused-ring (bicyclic) bond motifs is 2. The number of oxazole rings is 1.